The Morgan fingerprint density at radius 1 is 1.13 bits per heavy atom. The summed E-state index contributed by atoms with van der Waals surface area (Å²) in [5.41, 5.74) is -0.249. The van der Waals surface area contributed by atoms with Crippen molar-refractivity contribution < 1.29 is 13.2 Å². The van der Waals surface area contributed by atoms with Crippen LogP contribution in [0.1, 0.15) is 0 Å². The SMILES string of the molecule is Fc1ccc(-c2ncc[c]c2F)c(F)c1. The van der Waals surface area contributed by atoms with E-state index in [1.54, 1.807) is 0 Å². The maximum atomic E-state index is 13.3. The fraction of sp³-hybridized carbons (Fsp3) is 0. The van der Waals surface area contributed by atoms with Crippen molar-refractivity contribution in [2.45, 2.75) is 0 Å². The number of nitrogens with zero attached hydrogens (tertiary/aromatic N) is 1. The number of rotatable bonds is 1. The van der Waals surface area contributed by atoms with Crippen LogP contribution < -0.4 is 0 Å². The zero-order chi connectivity index (χ0) is 10.8. The molecule has 0 amide bonds. The normalized spacial score (nSPS) is 10.3. The van der Waals surface area contributed by atoms with Crippen LogP contribution in [0, 0.1) is 23.5 Å². The van der Waals surface area contributed by atoms with E-state index in [0.717, 1.165) is 12.1 Å². The zero-order valence-corrected chi connectivity index (χ0v) is 7.47. The predicted octanol–water partition coefficient (Wildman–Crippen LogP) is 2.97. The molecule has 4 heteroatoms. The van der Waals surface area contributed by atoms with Gasteiger partial charge in [0.25, 0.3) is 0 Å². The van der Waals surface area contributed by atoms with Crippen LogP contribution in [-0.2, 0) is 0 Å². The van der Waals surface area contributed by atoms with Crippen molar-refractivity contribution in [2.75, 3.05) is 0 Å². The maximum Gasteiger partial charge on any atom is 0.157 e. The van der Waals surface area contributed by atoms with Gasteiger partial charge in [0.15, 0.2) is 5.82 Å². The first kappa shape index (κ1) is 9.71. The highest BCUT2D eigenvalue weighted by molar-refractivity contribution is 5.60. The molecule has 0 fully saturated rings. The minimum atomic E-state index is -0.846. The van der Waals surface area contributed by atoms with Gasteiger partial charge in [-0.25, -0.2) is 13.2 Å². The van der Waals surface area contributed by atoms with Crippen LogP contribution >= 0.6 is 0 Å². The molecule has 0 unspecified atom stereocenters. The average molecular weight is 208 g/mol. The molecule has 2 rings (SSSR count). The predicted molar refractivity (Wildman–Crippen MR) is 48.4 cm³/mol. The van der Waals surface area contributed by atoms with Gasteiger partial charge in [0.05, 0.1) is 0 Å². The third-order valence-electron chi connectivity index (χ3n) is 1.88. The van der Waals surface area contributed by atoms with Crippen LogP contribution in [0.2, 0.25) is 0 Å². The number of halogens is 3. The summed E-state index contributed by atoms with van der Waals surface area (Å²) in [6, 6.07) is 6.40. The quantitative estimate of drug-likeness (QED) is 0.702. The molecule has 1 aromatic carbocycles. The first-order chi connectivity index (χ1) is 7.18. The van der Waals surface area contributed by atoms with Gasteiger partial charge in [-0.1, -0.05) is 0 Å². The van der Waals surface area contributed by atoms with Crippen LogP contribution in [0.4, 0.5) is 13.2 Å². The summed E-state index contributed by atoms with van der Waals surface area (Å²) in [6.45, 7) is 0. The number of aromatic nitrogens is 1. The molecule has 0 saturated carbocycles. The molecule has 0 aliphatic carbocycles. The highest BCUT2D eigenvalue weighted by Crippen LogP contribution is 2.23. The lowest BCUT2D eigenvalue weighted by Gasteiger charge is -2.02. The van der Waals surface area contributed by atoms with Crippen molar-refractivity contribution in [1.29, 1.82) is 0 Å². The molecule has 0 N–H and O–H groups in total. The molecule has 0 saturated heterocycles. The van der Waals surface area contributed by atoms with Crippen molar-refractivity contribution in [1.82, 2.24) is 4.98 Å². The Morgan fingerprint density at radius 3 is 2.60 bits per heavy atom. The first-order valence-electron chi connectivity index (χ1n) is 4.16. The van der Waals surface area contributed by atoms with Crippen LogP contribution in [0.3, 0.4) is 0 Å². The molecule has 2 aromatic rings. The van der Waals surface area contributed by atoms with Gasteiger partial charge in [-0.2, -0.15) is 0 Å². The van der Waals surface area contributed by atoms with E-state index in [0.29, 0.717) is 6.07 Å². The Kier molecular flexibility index (Phi) is 2.41. The van der Waals surface area contributed by atoms with Gasteiger partial charge < -0.3 is 0 Å². The van der Waals surface area contributed by atoms with E-state index < -0.39 is 17.5 Å². The Hall–Kier alpha value is -1.84. The Balaban J connectivity index is 2.60. The summed E-state index contributed by atoms with van der Waals surface area (Å²) in [5, 5.41) is 0. The van der Waals surface area contributed by atoms with Gasteiger partial charge in [-0.3, -0.25) is 4.98 Å². The summed E-state index contributed by atoms with van der Waals surface area (Å²) >= 11 is 0. The van der Waals surface area contributed by atoms with Crippen molar-refractivity contribution in [2.24, 2.45) is 0 Å². The van der Waals surface area contributed by atoms with E-state index in [1.807, 2.05) is 0 Å². The Labute approximate surface area is 84.2 Å². The van der Waals surface area contributed by atoms with E-state index in [1.165, 1.54) is 12.3 Å². The molecule has 1 nitrogen and oxygen atoms in total. The van der Waals surface area contributed by atoms with Crippen LogP contribution in [0.15, 0.2) is 30.5 Å². The van der Waals surface area contributed by atoms with Gasteiger partial charge in [0.1, 0.15) is 17.3 Å². The summed E-state index contributed by atoms with van der Waals surface area (Å²) in [4.78, 5) is 3.67. The zero-order valence-electron chi connectivity index (χ0n) is 7.47. The summed E-state index contributed by atoms with van der Waals surface area (Å²) in [5.74, 6) is -2.32. The Morgan fingerprint density at radius 2 is 1.93 bits per heavy atom. The molecule has 1 heterocycles. The smallest absolute Gasteiger partial charge is 0.157 e. The maximum absolute atomic E-state index is 13.3. The van der Waals surface area contributed by atoms with E-state index in [4.69, 9.17) is 0 Å². The monoisotopic (exact) mass is 208 g/mol. The van der Waals surface area contributed by atoms with E-state index in [2.05, 4.69) is 11.1 Å². The molecule has 1 aromatic heterocycles. The standard InChI is InChI=1S/C11H5F3N/c12-7-3-4-8(10(14)6-7)11-9(13)2-1-5-15-11/h1,3-6H. The second-order valence-electron chi connectivity index (χ2n) is 2.88. The highest BCUT2D eigenvalue weighted by atomic mass is 19.1. The first-order valence-corrected chi connectivity index (χ1v) is 4.16. The average Bonchev–Trinajstić information content (AvgIpc) is 2.20. The summed E-state index contributed by atoms with van der Waals surface area (Å²) in [6.07, 6.45) is 1.29. The number of hydrogen-bond acceptors (Lipinski definition) is 1. The lowest BCUT2D eigenvalue weighted by Crippen LogP contribution is -1.92. The van der Waals surface area contributed by atoms with Gasteiger partial charge in [-0.05, 0) is 18.2 Å². The molecule has 15 heavy (non-hydrogen) atoms. The summed E-state index contributed by atoms with van der Waals surface area (Å²) in [7, 11) is 0. The number of benzene rings is 1. The highest BCUT2D eigenvalue weighted by Gasteiger charge is 2.11. The van der Waals surface area contributed by atoms with Gasteiger partial charge >= 0.3 is 0 Å². The topological polar surface area (TPSA) is 12.9 Å². The molecule has 75 valence electrons. The lowest BCUT2D eigenvalue weighted by molar-refractivity contribution is 0.581. The third-order valence-corrected chi connectivity index (χ3v) is 1.88. The van der Waals surface area contributed by atoms with Crippen molar-refractivity contribution in [3.05, 3.63) is 54.0 Å². The van der Waals surface area contributed by atoms with E-state index >= 15 is 0 Å². The third kappa shape index (κ3) is 1.83. The fourth-order valence-corrected chi connectivity index (χ4v) is 1.22. The van der Waals surface area contributed by atoms with Crippen molar-refractivity contribution in [3.63, 3.8) is 0 Å². The molecule has 0 aliphatic rings. The molecular weight excluding hydrogens is 203 g/mol. The van der Waals surface area contributed by atoms with E-state index in [-0.39, 0.29) is 11.3 Å². The van der Waals surface area contributed by atoms with Crippen molar-refractivity contribution >= 4 is 0 Å². The minimum Gasteiger partial charge on any atom is -0.253 e. The van der Waals surface area contributed by atoms with E-state index in [9.17, 15) is 13.2 Å². The number of hydrogen-bond donors (Lipinski definition) is 0. The number of pyridine rings is 1. The van der Waals surface area contributed by atoms with Gasteiger partial charge in [0.2, 0.25) is 0 Å². The largest absolute Gasteiger partial charge is 0.253 e. The molecule has 1 radical (unpaired) electrons. The molecule has 0 bridgehead atoms. The van der Waals surface area contributed by atoms with Crippen molar-refractivity contribution in [3.8, 4) is 11.3 Å². The van der Waals surface area contributed by atoms with Gasteiger partial charge in [0, 0.05) is 23.9 Å². The van der Waals surface area contributed by atoms with Crippen LogP contribution in [0.5, 0.6) is 0 Å². The summed E-state index contributed by atoms with van der Waals surface area (Å²) < 4.78 is 39.0. The van der Waals surface area contributed by atoms with Crippen LogP contribution in [-0.4, -0.2) is 4.98 Å². The van der Waals surface area contributed by atoms with Crippen LogP contribution in [0.25, 0.3) is 11.3 Å². The molecule has 0 spiro atoms. The second kappa shape index (κ2) is 3.73. The second-order valence-corrected chi connectivity index (χ2v) is 2.88. The Bertz CT molecular complexity index is 497. The minimum absolute atomic E-state index is 0.0780. The van der Waals surface area contributed by atoms with Gasteiger partial charge in [-0.15, -0.1) is 0 Å². The molecule has 0 atom stereocenters. The lowest BCUT2D eigenvalue weighted by atomic mass is 10.1. The molecular formula is C11H5F3N. The molecule has 0 aliphatic heterocycles. The fourth-order valence-electron chi connectivity index (χ4n) is 1.22.